The van der Waals surface area contributed by atoms with E-state index < -0.39 is 11.0 Å². The molecule has 0 aliphatic carbocycles. The standard InChI is InChI=1S/C18H14N4O5/c19-18(24)27-16-6-4-11(8-13-5-7-17(23)21-20-13)9-15(16)12-2-1-3-14(10-12)22(25)26/h1-7,9-10H,8H2,(H2,19,24)(H,21,23). The Morgan fingerprint density at radius 1 is 1.19 bits per heavy atom. The van der Waals surface area contributed by atoms with E-state index >= 15 is 0 Å². The highest BCUT2D eigenvalue weighted by Crippen LogP contribution is 2.33. The molecule has 136 valence electrons. The third-order valence-corrected chi connectivity index (χ3v) is 3.74. The van der Waals surface area contributed by atoms with Gasteiger partial charge in [0.15, 0.2) is 0 Å². The van der Waals surface area contributed by atoms with Gasteiger partial charge < -0.3 is 10.5 Å². The molecule has 3 rings (SSSR count). The minimum atomic E-state index is -0.989. The normalized spacial score (nSPS) is 10.4. The maximum Gasteiger partial charge on any atom is 0.409 e. The van der Waals surface area contributed by atoms with Crippen LogP contribution in [0.15, 0.2) is 59.4 Å². The van der Waals surface area contributed by atoms with Crippen LogP contribution < -0.4 is 16.0 Å². The highest BCUT2D eigenvalue weighted by molar-refractivity contribution is 5.77. The lowest BCUT2D eigenvalue weighted by atomic mass is 9.99. The van der Waals surface area contributed by atoms with Gasteiger partial charge in [0.25, 0.3) is 11.2 Å². The van der Waals surface area contributed by atoms with E-state index in [2.05, 4.69) is 10.2 Å². The number of hydrogen-bond acceptors (Lipinski definition) is 6. The van der Waals surface area contributed by atoms with Gasteiger partial charge in [-0.1, -0.05) is 18.2 Å². The number of nitrogens with one attached hydrogen (secondary N) is 1. The molecule has 0 spiro atoms. The number of nitrogens with two attached hydrogens (primary N) is 1. The Morgan fingerprint density at radius 3 is 2.67 bits per heavy atom. The molecule has 2 aromatic carbocycles. The van der Waals surface area contributed by atoms with Crippen LogP contribution in [0.5, 0.6) is 5.75 Å². The third-order valence-electron chi connectivity index (χ3n) is 3.74. The van der Waals surface area contributed by atoms with E-state index in [1.165, 1.54) is 24.3 Å². The lowest BCUT2D eigenvalue weighted by molar-refractivity contribution is -0.384. The molecule has 1 aromatic heterocycles. The summed E-state index contributed by atoms with van der Waals surface area (Å²) in [5.41, 5.74) is 7.11. The van der Waals surface area contributed by atoms with Gasteiger partial charge in [-0.05, 0) is 29.3 Å². The van der Waals surface area contributed by atoms with Crippen LogP contribution >= 0.6 is 0 Å². The number of carbonyl (C=O) groups is 1. The molecule has 9 nitrogen and oxygen atoms in total. The first-order valence-electron chi connectivity index (χ1n) is 7.82. The van der Waals surface area contributed by atoms with Crippen LogP contribution in [0.1, 0.15) is 11.3 Å². The Morgan fingerprint density at radius 2 is 2.00 bits per heavy atom. The van der Waals surface area contributed by atoms with Gasteiger partial charge in [-0.2, -0.15) is 5.10 Å². The summed E-state index contributed by atoms with van der Waals surface area (Å²) in [6, 6.07) is 13.9. The summed E-state index contributed by atoms with van der Waals surface area (Å²) in [4.78, 5) is 32.8. The number of benzene rings is 2. The fourth-order valence-electron chi connectivity index (χ4n) is 2.58. The zero-order chi connectivity index (χ0) is 19.4. The Balaban J connectivity index is 2.04. The monoisotopic (exact) mass is 366 g/mol. The first kappa shape index (κ1) is 17.8. The molecule has 27 heavy (non-hydrogen) atoms. The highest BCUT2D eigenvalue weighted by Gasteiger charge is 2.14. The number of primary amides is 1. The van der Waals surface area contributed by atoms with Crippen LogP contribution in [-0.2, 0) is 6.42 Å². The number of amides is 1. The number of carbonyl (C=O) groups excluding carboxylic acids is 1. The van der Waals surface area contributed by atoms with Crippen molar-refractivity contribution in [1.29, 1.82) is 0 Å². The molecule has 0 radical (unpaired) electrons. The van der Waals surface area contributed by atoms with Crippen LogP contribution in [-0.4, -0.2) is 21.2 Å². The van der Waals surface area contributed by atoms with Crippen LogP contribution in [0.2, 0.25) is 0 Å². The number of rotatable bonds is 5. The Hall–Kier alpha value is -4.01. The minimum Gasteiger partial charge on any atom is -0.410 e. The van der Waals surface area contributed by atoms with E-state index in [4.69, 9.17) is 10.5 Å². The molecule has 1 heterocycles. The number of hydrogen-bond donors (Lipinski definition) is 2. The van der Waals surface area contributed by atoms with Gasteiger partial charge in [0, 0.05) is 30.2 Å². The molecule has 0 saturated carbocycles. The summed E-state index contributed by atoms with van der Waals surface area (Å²) in [6.07, 6.45) is -0.591. The molecule has 0 unspecified atom stereocenters. The van der Waals surface area contributed by atoms with E-state index in [0.717, 1.165) is 5.56 Å². The maximum absolute atomic E-state index is 11.2. The average Bonchev–Trinajstić information content (AvgIpc) is 2.64. The SMILES string of the molecule is NC(=O)Oc1ccc(Cc2ccc(=O)[nH]n2)cc1-c1cccc([N+](=O)[O-])c1. The molecule has 1 amide bonds. The molecule has 9 heteroatoms. The first-order valence-corrected chi connectivity index (χ1v) is 7.82. The number of nitro benzene ring substituents is 1. The number of aromatic amines is 1. The van der Waals surface area contributed by atoms with Crippen LogP contribution in [0, 0.1) is 10.1 Å². The van der Waals surface area contributed by atoms with Crippen molar-refractivity contribution in [2.24, 2.45) is 5.73 Å². The van der Waals surface area contributed by atoms with Crippen molar-refractivity contribution >= 4 is 11.8 Å². The van der Waals surface area contributed by atoms with Crippen molar-refractivity contribution in [3.05, 3.63) is 86.3 Å². The predicted octanol–water partition coefficient (Wildman–Crippen LogP) is 2.39. The lowest BCUT2D eigenvalue weighted by Gasteiger charge is -2.11. The van der Waals surface area contributed by atoms with Crippen molar-refractivity contribution in [3.8, 4) is 16.9 Å². The molecule has 0 bridgehead atoms. The van der Waals surface area contributed by atoms with Gasteiger partial charge in [-0.15, -0.1) is 0 Å². The molecule has 3 aromatic rings. The van der Waals surface area contributed by atoms with Crippen LogP contribution in [0.3, 0.4) is 0 Å². The largest absolute Gasteiger partial charge is 0.410 e. The maximum atomic E-state index is 11.2. The zero-order valence-electron chi connectivity index (χ0n) is 13.9. The van der Waals surface area contributed by atoms with Crippen molar-refractivity contribution in [1.82, 2.24) is 10.2 Å². The second kappa shape index (κ2) is 7.48. The lowest BCUT2D eigenvalue weighted by Crippen LogP contribution is -2.16. The summed E-state index contributed by atoms with van der Waals surface area (Å²) in [6.45, 7) is 0. The van der Waals surface area contributed by atoms with Crippen molar-refractivity contribution in [2.45, 2.75) is 6.42 Å². The van der Waals surface area contributed by atoms with Crippen LogP contribution in [0.4, 0.5) is 10.5 Å². The van der Waals surface area contributed by atoms with Gasteiger partial charge in [0.1, 0.15) is 5.75 Å². The van der Waals surface area contributed by atoms with Crippen LogP contribution in [0.25, 0.3) is 11.1 Å². The second-order valence-corrected chi connectivity index (χ2v) is 5.65. The van der Waals surface area contributed by atoms with E-state index in [1.54, 1.807) is 30.3 Å². The van der Waals surface area contributed by atoms with Crippen molar-refractivity contribution < 1.29 is 14.5 Å². The molecule has 0 fully saturated rings. The molecular weight excluding hydrogens is 352 g/mol. The van der Waals surface area contributed by atoms with E-state index in [1.807, 2.05) is 0 Å². The molecule has 0 aliphatic rings. The van der Waals surface area contributed by atoms with E-state index in [0.29, 0.717) is 23.2 Å². The van der Waals surface area contributed by atoms with Gasteiger partial charge in [-0.3, -0.25) is 14.9 Å². The summed E-state index contributed by atoms with van der Waals surface area (Å²) in [7, 11) is 0. The average molecular weight is 366 g/mol. The molecular formula is C18H14N4O5. The highest BCUT2D eigenvalue weighted by atomic mass is 16.6. The Bertz CT molecular complexity index is 1060. The Labute approximate surface area is 152 Å². The third kappa shape index (κ3) is 4.34. The number of non-ortho nitro benzene ring substituents is 1. The molecule has 0 atom stereocenters. The van der Waals surface area contributed by atoms with Crippen molar-refractivity contribution in [2.75, 3.05) is 0 Å². The topological polar surface area (TPSA) is 141 Å². The summed E-state index contributed by atoms with van der Waals surface area (Å²) < 4.78 is 5.03. The van der Waals surface area contributed by atoms with E-state index in [9.17, 15) is 19.7 Å². The van der Waals surface area contributed by atoms with Gasteiger partial charge in [-0.25, -0.2) is 9.89 Å². The smallest absolute Gasteiger partial charge is 0.409 e. The van der Waals surface area contributed by atoms with E-state index in [-0.39, 0.29) is 17.0 Å². The fourth-order valence-corrected chi connectivity index (χ4v) is 2.58. The molecule has 0 saturated heterocycles. The zero-order valence-corrected chi connectivity index (χ0v) is 13.9. The number of nitro groups is 1. The van der Waals surface area contributed by atoms with Gasteiger partial charge in [0.2, 0.25) is 0 Å². The quantitative estimate of drug-likeness (QED) is 0.524. The molecule has 0 aliphatic heterocycles. The second-order valence-electron chi connectivity index (χ2n) is 5.65. The van der Waals surface area contributed by atoms with Crippen molar-refractivity contribution in [3.63, 3.8) is 0 Å². The molecule has 3 N–H and O–H groups in total. The number of aromatic nitrogens is 2. The minimum absolute atomic E-state index is 0.0924. The van der Waals surface area contributed by atoms with Gasteiger partial charge in [0.05, 0.1) is 10.6 Å². The number of nitrogens with zero attached hydrogens (tertiary/aromatic N) is 2. The fraction of sp³-hybridized carbons (Fsp3) is 0.0556. The summed E-state index contributed by atoms with van der Waals surface area (Å²) >= 11 is 0. The Kier molecular flexibility index (Phi) is 4.93. The summed E-state index contributed by atoms with van der Waals surface area (Å²) in [5.74, 6) is 0.182. The number of H-pyrrole nitrogens is 1. The predicted molar refractivity (Wildman–Crippen MR) is 96.4 cm³/mol. The summed E-state index contributed by atoms with van der Waals surface area (Å²) in [5, 5.41) is 17.4. The number of ether oxygens (including phenoxy) is 1. The van der Waals surface area contributed by atoms with Gasteiger partial charge >= 0.3 is 6.09 Å². The first-order chi connectivity index (χ1) is 12.9.